The Morgan fingerprint density at radius 2 is 2.23 bits per heavy atom. The van der Waals surface area contributed by atoms with Crippen LogP contribution in [0.3, 0.4) is 0 Å². The third-order valence-electron chi connectivity index (χ3n) is 7.29. The van der Waals surface area contributed by atoms with Crippen LogP contribution in [0.4, 0.5) is 22.1 Å². The Morgan fingerprint density at radius 3 is 3.00 bits per heavy atom. The fraction of sp³-hybridized carbons (Fsp3) is 0.393. The highest BCUT2D eigenvalue weighted by Crippen LogP contribution is 2.30. The maximum absolute atomic E-state index is 13.4. The molecular weight excluding hydrogens is 498 g/mol. The summed E-state index contributed by atoms with van der Waals surface area (Å²) in [5.41, 5.74) is 4.11. The summed E-state index contributed by atoms with van der Waals surface area (Å²) in [6, 6.07) is 5.50. The zero-order valence-corrected chi connectivity index (χ0v) is 22.1. The predicted molar refractivity (Wildman–Crippen MR) is 145 cm³/mol. The van der Waals surface area contributed by atoms with Gasteiger partial charge in [0.25, 0.3) is 0 Å². The molecule has 202 valence electrons. The van der Waals surface area contributed by atoms with E-state index in [2.05, 4.69) is 31.2 Å². The number of ether oxygens (including phenoxy) is 2. The van der Waals surface area contributed by atoms with E-state index in [1.807, 2.05) is 19.1 Å². The molecule has 2 aromatic heterocycles. The van der Waals surface area contributed by atoms with Crippen LogP contribution in [-0.2, 0) is 22.4 Å². The molecule has 2 aromatic rings. The maximum Gasteiger partial charge on any atom is 0.328 e. The molecule has 1 unspecified atom stereocenters. The van der Waals surface area contributed by atoms with E-state index < -0.39 is 0 Å². The smallest absolute Gasteiger partial charge is 0.328 e. The molecule has 5 heterocycles. The number of aryl methyl sites for hydroxylation is 1. The van der Waals surface area contributed by atoms with Gasteiger partial charge in [0.1, 0.15) is 29.7 Å². The summed E-state index contributed by atoms with van der Waals surface area (Å²) < 4.78 is 10.8. The normalized spacial score (nSPS) is 18.5. The number of aromatic nitrogens is 2. The minimum atomic E-state index is -0.388. The van der Waals surface area contributed by atoms with Crippen LogP contribution in [0.2, 0.25) is 0 Å². The molecule has 2 amide bonds. The lowest BCUT2D eigenvalue weighted by Crippen LogP contribution is -2.40. The van der Waals surface area contributed by atoms with E-state index in [1.165, 1.54) is 6.20 Å². The predicted octanol–water partition coefficient (Wildman–Crippen LogP) is 3.58. The van der Waals surface area contributed by atoms with Crippen LogP contribution >= 0.6 is 0 Å². The molecule has 3 aliphatic rings. The van der Waals surface area contributed by atoms with Crippen molar-refractivity contribution in [1.82, 2.24) is 14.9 Å². The Labute approximate surface area is 227 Å². The van der Waals surface area contributed by atoms with Gasteiger partial charge in [-0.25, -0.2) is 14.8 Å². The number of fused-ring (bicyclic) bond motifs is 1. The van der Waals surface area contributed by atoms with E-state index >= 15 is 0 Å². The summed E-state index contributed by atoms with van der Waals surface area (Å²) in [5, 5.41) is 12.5. The van der Waals surface area contributed by atoms with Crippen LogP contribution < -0.4 is 15.1 Å². The summed E-state index contributed by atoms with van der Waals surface area (Å²) in [6.45, 7) is 4.97. The molecule has 0 spiro atoms. The Morgan fingerprint density at radius 1 is 1.36 bits per heavy atom. The fourth-order valence-corrected chi connectivity index (χ4v) is 5.14. The van der Waals surface area contributed by atoms with E-state index in [0.717, 1.165) is 48.9 Å². The molecule has 39 heavy (non-hydrogen) atoms. The van der Waals surface area contributed by atoms with Gasteiger partial charge in [0.05, 0.1) is 23.6 Å². The molecule has 1 atom stereocenters. The lowest BCUT2D eigenvalue weighted by molar-refractivity contribution is 0.111. The van der Waals surface area contributed by atoms with Gasteiger partial charge < -0.3 is 19.3 Å². The third kappa shape index (κ3) is 5.56. The number of allylic oxidation sites excluding steroid dienone is 1. The molecule has 0 radical (unpaired) electrons. The van der Waals surface area contributed by atoms with E-state index in [-0.39, 0.29) is 12.1 Å². The number of pyridine rings is 2. The van der Waals surface area contributed by atoms with E-state index in [4.69, 9.17) is 9.47 Å². The summed E-state index contributed by atoms with van der Waals surface area (Å²) in [5.74, 6) is 0.820. The number of nitrogens with zero attached hydrogens (tertiary/aromatic N) is 6. The maximum atomic E-state index is 13.4. The Hall–Kier alpha value is -4.43. The van der Waals surface area contributed by atoms with Crippen molar-refractivity contribution >= 4 is 29.6 Å². The topological polar surface area (TPSA) is 124 Å². The number of methoxy groups -OCH3 is 1. The number of amides is 2. The number of rotatable bonds is 6. The Kier molecular flexibility index (Phi) is 7.74. The molecule has 1 N–H and O–H groups in total. The van der Waals surface area contributed by atoms with Crippen LogP contribution in [0.1, 0.15) is 46.9 Å². The number of aldehydes is 1. The van der Waals surface area contributed by atoms with Gasteiger partial charge in [0, 0.05) is 63.4 Å². The van der Waals surface area contributed by atoms with Gasteiger partial charge in [-0.1, -0.05) is 0 Å². The summed E-state index contributed by atoms with van der Waals surface area (Å²) in [7, 11) is 1.68. The van der Waals surface area contributed by atoms with Crippen molar-refractivity contribution in [3.05, 3.63) is 65.0 Å². The highest BCUT2D eigenvalue weighted by molar-refractivity contribution is 6.01. The summed E-state index contributed by atoms with van der Waals surface area (Å²) in [4.78, 5) is 40.1. The number of hydrogen-bond acceptors (Lipinski definition) is 9. The van der Waals surface area contributed by atoms with Crippen molar-refractivity contribution in [3.63, 3.8) is 0 Å². The zero-order chi connectivity index (χ0) is 27.4. The van der Waals surface area contributed by atoms with Crippen LogP contribution in [0.25, 0.3) is 0 Å². The SMILES string of the molecule is COC1CCN(c2cc(NC(=O)N3CCCc4cc(CN5CC=COC=C5C)c(C=O)nc43)ncc2C#N)C1. The molecule has 5 rings (SSSR count). The first kappa shape index (κ1) is 26.2. The number of nitrogens with one attached hydrogen (secondary N) is 1. The first-order valence-electron chi connectivity index (χ1n) is 13.0. The fourth-order valence-electron chi connectivity index (χ4n) is 5.14. The zero-order valence-electron chi connectivity index (χ0n) is 22.1. The van der Waals surface area contributed by atoms with E-state index in [9.17, 15) is 14.9 Å². The van der Waals surface area contributed by atoms with Crippen molar-refractivity contribution in [2.24, 2.45) is 0 Å². The molecule has 0 saturated carbocycles. The summed E-state index contributed by atoms with van der Waals surface area (Å²) >= 11 is 0. The molecule has 11 nitrogen and oxygen atoms in total. The van der Waals surface area contributed by atoms with Gasteiger partial charge in [-0.15, -0.1) is 0 Å². The lowest BCUT2D eigenvalue weighted by Gasteiger charge is -2.30. The van der Waals surface area contributed by atoms with Crippen LogP contribution in [0.15, 0.2) is 42.6 Å². The highest BCUT2D eigenvalue weighted by Gasteiger charge is 2.28. The average molecular weight is 530 g/mol. The molecule has 0 bridgehead atoms. The number of anilines is 3. The lowest BCUT2D eigenvalue weighted by atomic mass is 10.0. The second-order valence-electron chi connectivity index (χ2n) is 9.76. The molecule has 0 aromatic carbocycles. The van der Waals surface area contributed by atoms with Crippen molar-refractivity contribution in [1.29, 1.82) is 5.26 Å². The van der Waals surface area contributed by atoms with Gasteiger partial charge in [-0.05, 0) is 43.9 Å². The number of nitriles is 1. The first-order valence-corrected chi connectivity index (χ1v) is 13.0. The van der Waals surface area contributed by atoms with E-state index in [0.29, 0.717) is 54.8 Å². The van der Waals surface area contributed by atoms with Crippen LogP contribution in [0.5, 0.6) is 0 Å². The number of carbonyl (C=O) groups is 2. The van der Waals surface area contributed by atoms with Crippen LogP contribution in [-0.4, -0.2) is 66.6 Å². The Balaban J connectivity index is 1.37. The van der Waals surface area contributed by atoms with Crippen molar-refractivity contribution < 1.29 is 19.1 Å². The molecule has 3 aliphatic heterocycles. The average Bonchev–Trinajstić information content (AvgIpc) is 3.35. The monoisotopic (exact) mass is 529 g/mol. The number of hydrogen-bond donors (Lipinski definition) is 1. The van der Waals surface area contributed by atoms with Gasteiger partial charge >= 0.3 is 6.03 Å². The molecule has 1 fully saturated rings. The van der Waals surface area contributed by atoms with Gasteiger partial charge in [-0.3, -0.25) is 15.0 Å². The third-order valence-corrected chi connectivity index (χ3v) is 7.29. The van der Waals surface area contributed by atoms with Gasteiger partial charge in [-0.2, -0.15) is 5.26 Å². The van der Waals surface area contributed by atoms with Gasteiger partial charge in [0.2, 0.25) is 0 Å². The standard InChI is InChI=1S/C28H31N7O4/c1-19-18-39-10-4-7-33(19)15-21-11-20-5-3-8-35(27(20)31-24(21)17-36)28(37)32-26-12-25(22(13-29)14-30-26)34-9-6-23(16-34)38-2/h4,10-12,14,17-18,23H,3,5-9,15-16H2,1-2H3,(H,30,32,37). The van der Waals surface area contributed by atoms with Crippen LogP contribution in [0, 0.1) is 11.3 Å². The van der Waals surface area contributed by atoms with Crippen molar-refractivity contribution in [3.8, 4) is 6.07 Å². The van der Waals surface area contributed by atoms with E-state index in [1.54, 1.807) is 30.6 Å². The Bertz CT molecular complexity index is 1370. The number of carbonyl (C=O) groups excluding carboxylic acids is 2. The van der Waals surface area contributed by atoms with Gasteiger partial charge in [0.15, 0.2) is 6.29 Å². The first-order chi connectivity index (χ1) is 19.0. The molecule has 0 aliphatic carbocycles. The molecular formula is C28H31N7O4. The quantitative estimate of drug-likeness (QED) is 0.559. The highest BCUT2D eigenvalue weighted by atomic mass is 16.5. The minimum absolute atomic E-state index is 0.0969. The minimum Gasteiger partial charge on any atom is -0.471 e. The van der Waals surface area contributed by atoms with Crippen molar-refractivity contribution in [2.45, 2.75) is 38.8 Å². The largest absolute Gasteiger partial charge is 0.471 e. The second-order valence-corrected chi connectivity index (χ2v) is 9.76. The molecule has 11 heteroatoms. The number of urea groups is 1. The molecule has 1 saturated heterocycles. The van der Waals surface area contributed by atoms with Crippen molar-refractivity contribution in [2.75, 3.05) is 48.4 Å². The second kappa shape index (κ2) is 11.5. The summed E-state index contributed by atoms with van der Waals surface area (Å²) in [6.07, 6.45) is 9.91.